The quantitative estimate of drug-likeness (QED) is 0.427. The normalized spacial score (nSPS) is 11.3. The van der Waals surface area contributed by atoms with Crippen LogP contribution in [0.2, 0.25) is 0 Å². The molecule has 2 aromatic heterocycles. The molecule has 0 fully saturated rings. The van der Waals surface area contributed by atoms with Crippen molar-refractivity contribution in [2.24, 2.45) is 0 Å². The monoisotopic (exact) mass is 459 g/mol. The first kappa shape index (κ1) is 20.8. The van der Waals surface area contributed by atoms with Crippen molar-refractivity contribution in [3.8, 4) is 0 Å². The lowest BCUT2D eigenvalue weighted by Gasteiger charge is -2.09. The van der Waals surface area contributed by atoms with Gasteiger partial charge in [0.05, 0.1) is 16.8 Å². The molecular weight excluding hydrogens is 444 g/mol. The van der Waals surface area contributed by atoms with Crippen LogP contribution < -0.4 is 10.0 Å². The number of sulfonamides is 1. The fourth-order valence-corrected chi connectivity index (χ4v) is 4.58. The van der Waals surface area contributed by atoms with Crippen LogP contribution in [0.5, 0.6) is 0 Å². The molecule has 0 aliphatic heterocycles. The van der Waals surface area contributed by atoms with E-state index in [-0.39, 0.29) is 16.4 Å². The van der Waals surface area contributed by atoms with E-state index in [1.807, 2.05) is 0 Å². The Kier molecular flexibility index (Phi) is 5.87. The summed E-state index contributed by atoms with van der Waals surface area (Å²) >= 11 is 1.18. The smallest absolute Gasteiger partial charge is 0.263 e. The van der Waals surface area contributed by atoms with Gasteiger partial charge in [-0.2, -0.15) is 0 Å². The van der Waals surface area contributed by atoms with Gasteiger partial charge in [-0.1, -0.05) is 0 Å². The van der Waals surface area contributed by atoms with E-state index in [4.69, 9.17) is 0 Å². The minimum Gasteiger partial charge on any atom is -0.339 e. The SMILES string of the molecule is O=S(=O)(Nc1nccs1)c1ccc(Nc2cncc(Cc3cc(F)cc(F)c3)n2)cc1. The second-order valence-corrected chi connectivity index (χ2v) is 9.02. The third kappa shape index (κ3) is 5.38. The molecular formula is C20H15F2N5O2S2. The zero-order valence-electron chi connectivity index (χ0n) is 15.8. The standard InChI is InChI=1S/C20H15F2N5O2S2/c21-14-7-13(8-15(22)10-14)9-17-11-23-12-19(26-17)25-16-1-3-18(4-2-16)31(28,29)27-20-24-5-6-30-20/h1-8,10-12H,9H2,(H,24,27)(H,25,26). The fourth-order valence-electron chi connectivity index (χ4n) is 2.79. The van der Waals surface area contributed by atoms with Crippen LogP contribution in [0.15, 0.2) is 71.3 Å². The molecule has 4 aromatic rings. The van der Waals surface area contributed by atoms with Gasteiger partial charge >= 0.3 is 0 Å². The van der Waals surface area contributed by atoms with Gasteiger partial charge < -0.3 is 5.32 Å². The second-order valence-electron chi connectivity index (χ2n) is 6.44. The average Bonchev–Trinajstić information content (AvgIpc) is 3.20. The molecule has 0 saturated carbocycles. The highest BCUT2D eigenvalue weighted by molar-refractivity contribution is 7.93. The van der Waals surface area contributed by atoms with Crippen LogP contribution in [0.4, 0.5) is 25.4 Å². The van der Waals surface area contributed by atoms with E-state index in [0.29, 0.717) is 22.8 Å². The highest BCUT2D eigenvalue weighted by Gasteiger charge is 2.15. The Morgan fingerprint density at radius 3 is 2.42 bits per heavy atom. The molecule has 0 atom stereocenters. The highest BCUT2D eigenvalue weighted by atomic mass is 32.2. The number of hydrogen-bond acceptors (Lipinski definition) is 7. The fraction of sp³-hybridized carbons (Fsp3) is 0.0500. The maximum atomic E-state index is 13.4. The Balaban J connectivity index is 1.46. The summed E-state index contributed by atoms with van der Waals surface area (Å²) in [6, 6.07) is 9.37. The maximum Gasteiger partial charge on any atom is 0.263 e. The summed E-state index contributed by atoms with van der Waals surface area (Å²) in [6.45, 7) is 0. The lowest BCUT2D eigenvalue weighted by Crippen LogP contribution is -2.12. The predicted octanol–water partition coefficient (Wildman–Crippen LogP) is 4.35. The van der Waals surface area contributed by atoms with E-state index in [9.17, 15) is 17.2 Å². The number of aromatic nitrogens is 3. The van der Waals surface area contributed by atoms with Gasteiger partial charge in [0.2, 0.25) is 0 Å². The van der Waals surface area contributed by atoms with Gasteiger partial charge in [-0.3, -0.25) is 9.71 Å². The predicted molar refractivity (Wildman–Crippen MR) is 114 cm³/mol. The largest absolute Gasteiger partial charge is 0.339 e. The van der Waals surface area contributed by atoms with Gasteiger partial charge in [-0.05, 0) is 42.0 Å². The van der Waals surface area contributed by atoms with E-state index >= 15 is 0 Å². The Hall–Kier alpha value is -3.44. The molecule has 0 saturated heterocycles. The summed E-state index contributed by atoms with van der Waals surface area (Å²) in [7, 11) is -3.74. The molecule has 0 aliphatic rings. The summed E-state index contributed by atoms with van der Waals surface area (Å²) in [5, 5.41) is 4.99. The number of anilines is 3. The van der Waals surface area contributed by atoms with Crippen molar-refractivity contribution in [3.05, 3.63) is 89.3 Å². The maximum absolute atomic E-state index is 13.4. The lowest BCUT2D eigenvalue weighted by atomic mass is 10.1. The zero-order chi connectivity index (χ0) is 21.8. The van der Waals surface area contributed by atoms with E-state index in [0.717, 1.165) is 6.07 Å². The summed E-state index contributed by atoms with van der Waals surface area (Å²) in [5.74, 6) is -0.904. The first-order chi connectivity index (χ1) is 14.9. The molecule has 0 radical (unpaired) electrons. The van der Waals surface area contributed by atoms with Gasteiger partial charge in [0.25, 0.3) is 10.0 Å². The molecule has 2 heterocycles. The molecule has 0 spiro atoms. The van der Waals surface area contributed by atoms with Crippen molar-refractivity contribution < 1.29 is 17.2 Å². The van der Waals surface area contributed by atoms with Crippen LogP contribution in [0.3, 0.4) is 0 Å². The summed E-state index contributed by atoms with van der Waals surface area (Å²) < 4.78 is 54.0. The molecule has 0 amide bonds. The molecule has 7 nitrogen and oxygen atoms in total. The van der Waals surface area contributed by atoms with Crippen molar-refractivity contribution >= 4 is 38.0 Å². The number of nitrogens with one attached hydrogen (secondary N) is 2. The number of halogens is 2. The van der Waals surface area contributed by atoms with Gasteiger partial charge in [0, 0.05) is 35.9 Å². The number of nitrogens with zero attached hydrogens (tertiary/aromatic N) is 3. The van der Waals surface area contributed by atoms with Crippen LogP contribution in [0.1, 0.15) is 11.3 Å². The Bertz CT molecular complexity index is 1280. The van der Waals surface area contributed by atoms with Crippen molar-refractivity contribution in [1.29, 1.82) is 0 Å². The molecule has 0 bridgehead atoms. The molecule has 31 heavy (non-hydrogen) atoms. The van der Waals surface area contributed by atoms with Crippen LogP contribution >= 0.6 is 11.3 Å². The van der Waals surface area contributed by atoms with E-state index in [1.165, 1.54) is 54.2 Å². The minimum atomic E-state index is -3.74. The molecule has 0 aliphatic carbocycles. The number of rotatable bonds is 7. The Labute approximate surface area is 180 Å². The third-order valence-corrected chi connectivity index (χ3v) is 6.26. The minimum absolute atomic E-state index is 0.0845. The number of thiazole rings is 1. The number of hydrogen-bond donors (Lipinski definition) is 2. The van der Waals surface area contributed by atoms with Crippen molar-refractivity contribution in [2.75, 3.05) is 10.0 Å². The van der Waals surface area contributed by atoms with E-state index < -0.39 is 21.7 Å². The van der Waals surface area contributed by atoms with Crippen LogP contribution in [0, 0.1) is 11.6 Å². The van der Waals surface area contributed by atoms with E-state index in [2.05, 4.69) is 25.0 Å². The summed E-state index contributed by atoms with van der Waals surface area (Å²) in [4.78, 5) is 12.5. The van der Waals surface area contributed by atoms with Gasteiger partial charge in [0.1, 0.15) is 17.5 Å². The second kappa shape index (κ2) is 8.74. The zero-order valence-corrected chi connectivity index (χ0v) is 17.4. The van der Waals surface area contributed by atoms with Gasteiger partial charge in [0.15, 0.2) is 5.13 Å². The van der Waals surface area contributed by atoms with Crippen molar-refractivity contribution in [2.45, 2.75) is 11.3 Å². The number of benzene rings is 2. The van der Waals surface area contributed by atoms with Crippen molar-refractivity contribution in [3.63, 3.8) is 0 Å². The summed E-state index contributed by atoms with van der Waals surface area (Å²) in [6.07, 6.45) is 4.71. The Morgan fingerprint density at radius 2 is 1.74 bits per heavy atom. The van der Waals surface area contributed by atoms with Crippen molar-refractivity contribution in [1.82, 2.24) is 15.0 Å². The molecule has 4 rings (SSSR count). The van der Waals surface area contributed by atoms with Crippen LogP contribution in [0.25, 0.3) is 0 Å². The first-order valence-corrected chi connectivity index (χ1v) is 11.3. The molecule has 11 heteroatoms. The lowest BCUT2D eigenvalue weighted by molar-refractivity contribution is 0.580. The Morgan fingerprint density at radius 1 is 1.00 bits per heavy atom. The van der Waals surface area contributed by atoms with Gasteiger partial charge in [-0.25, -0.2) is 27.2 Å². The first-order valence-electron chi connectivity index (χ1n) is 8.93. The summed E-state index contributed by atoms with van der Waals surface area (Å²) in [5.41, 5.74) is 1.55. The van der Waals surface area contributed by atoms with Gasteiger partial charge in [-0.15, -0.1) is 11.3 Å². The molecule has 2 aromatic carbocycles. The van der Waals surface area contributed by atoms with Crippen LogP contribution in [-0.4, -0.2) is 23.4 Å². The van der Waals surface area contributed by atoms with Crippen LogP contribution in [-0.2, 0) is 16.4 Å². The van der Waals surface area contributed by atoms with E-state index in [1.54, 1.807) is 17.5 Å². The molecule has 158 valence electrons. The average molecular weight is 460 g/mol. The third-order valence-electron chi connectivity index (χ3n) is 4.08. The molecule has 2 N–H and O–H groups in total. The highest BCUT2D eigenvalue weighted by Crippen LogP contribution is 2.21. The topological polar surface area (TPSA) is 96.9 Å². The molecule has 0 unspecified atom stereocenters.